The summed E-state index contributed by atoms with van der Waals surface area (Å²) in [7, 11) is 0. The van der Waals surface area contributed by atoms with Crippen molar-refractivity contribution in [2.45, 2.75) is 26.2 Å². The normalized spacial score (nSPS) is 16.4. The third-order valence-electron chi connectivity index (χ3n) is 2.08. The maximum Gasteiger partial charge on any atom is 0.239 e. The van der Waals surface area contributed by atoms with Gasteiger partial charge in [0.2, 0.25) is 11.8 Å². The molecule has 2 amide bonds. The molecule has 4 heteroatoms. The van der Waals surface area contributed by atoms with Gasteiger partial charge in [-0.3, -0.25) is 9.59 Å². The zero-order chi connectivity index (χ0) is 9.68. The maximum absolute atomic E-state index is 11.2. The molecule has 74 valence electrons. The van der Waals surface area contributed by atoms with Crippen molar-refractivity contribution in [2.24, 2.45) is 0 Å². The van der Waals surface area contributed by atoms with E-state index in [1.54, 1.807) is 4.90 Å². The predicted octanol–water partition coefficient (Wildman–Crippen LogP) is 0.135. The van der Waals surface area contributed by atoms with E-state index >= 15 is 0 Å². The summed E-state index contributed by atoms with van der Waals surface area (Å²) in [5.41, 5.74) is 0. The Hall–Kier alpha value is -1.06. The van der Waals surface area contributed by atoms with E-state index in [-0.39, 0.29) is 18.4 Å². The lowest BCUT2D eigenvalue weighted by molar-refractivity contribution is -0.133. The van der Waals surface area contributed by atoms with Crippen LogP contribution in [0.1, 0.15) is 26.2 Å². The Labute approximate surface area is 78.3 Å². The third-order valence-corrected chi connectivity index (χ3v) is 2.08. The Bertz CT molecular complexity index is 204. The number of nitrogens with zero attached hydrogens (tertiary/aromatic N) is 1. The van der Waals surface area contributed by atoms with Crippen molar-refractivity contribution in [1.29, 1.82) is 0 Å². The standard InChI is InChI=1S/C9H16N2O2/c1-2-5-10-8(12)7-11-6-3-4-9(11)13/h2-7H2,1H3,(H,10,12). The Balaban J connectivity index is 2.23. The molecule has 1 fully saturated rings. The SMILES string of the molecule is CCCNC(=O)CN1CCCC1=O. The molecule has 0 unspecified atom stereocenters. The molecule has 0 bridgehead atoms. The van der Waals surface area contributed by atoms with Crippen molar-refractivity contribution in [3.05, 3.63) is 0 Å². The van der Waals surface area contributed by atoms with Gasteiger partial charge in [0.1, 0.15) is 0 Å². The van der Waals surface area contributed by atoms with Crippen molar-refractivity contribution < 1.29 is 9.59 Å². The van der Waals surface area contributed by atoms with Crippen LogP contribution in [0.25, 0.3) is 0 Å². The molecule has 0 aromatic heterocycles. The first-order chi connectivity index (χ1) is 6.24. The molecular weight excluding hydrogens is 168 g/mol. The summed E-state index contributed by atoms with van der Waals surface area (Å²) in [5, 5.41) is 2.75. The van der Waals surface area contributed by atoms with Crippen molar-refractivity contribution in [3.63, 3.8) is 0 Å². The second-order valence-corrected chi connectivity index (χ2v) is 3.27. The Kier molecular flexibility index (Phi) is 3.73. The second kappa shape index (κ2) is 4.84. The fraction of sp³-hybridized carbons (Fsp3) is 0.778. The summed E-state index contributed by atoms with van der Waals surface area (Å²) in [6, 6.07) is 0. The number of likely N-dealkylation sites (tertiary alicyclic amines) is 1. The van der Waals surface area contributed by atoms with Gasteiger partial charge in [-0.15, -0.1) is 0 Å². The molecule has 1 heterocycles. The summed E-state index contributed by atoms with van der Waals surface area (Å²) >= 11 is 0. The van der Waals surface area contributed by atoms with Crippen LogP contribution >= 0.6 is 0 Å². The molecule has 1 aliphatic rings. The second-order valence-electron chi connectivity index (χ2n) is 3.27. The minimum Gasteiger partial charge on any atom is -0.355 e. The van der Waals surface area contributed by atoms with E-state index in [1.165, 1.54) is 0 Å². The van der Waals surface area contributed by atoms with Gasteiger partial charge in [-0.25, -0.2) is 0 Å². The average molecular weight is 184 g/mol. The zero-order valence-electron chi connectivity index (χ0n) is 8.01. The van der Waals surface area contributed by atoms with Crippen LogP contribution in [0.2, 0.25) is 0 Å². The van der Waals surface area contributed by atoms with Crippen LogP contribution in [-0.4, -0.2) is 36.3 Å². The number of amides is 2. The fourth-order valence-electron chi connectivity index (χ4n) is 1.36. The number of hydrogen-bond acceptors (Lipinski definition) is 2. The highest BCUT2D eigenvalue weighted by Gasteiger charge is 2.21. The van der Waals surface area contributed by atoms with E-state index in [1.807, 2.05) is 6.92 Å². The summed E-state index contributed by atoms with van der Waals surface area (Å²) in [4.78, 5) is 23.9. The highest BCUT2D eigenvalue weighted by Crippen LogP contribution is 2.08. The molecule has 0 aromatic carbocycles. The molecule has 0 spiro atoms. The lowest BCUT2D eigenvalue weighted by atomic mass is 10.4. The molecule has 0 aromatic rings. The van der Waals surface area contributed by atoms with Gasteiger partial charge in [0.25, 0.3) is 0 Å². The molecule has 13 heavy (non-hydrogen) atoms. The van der Waals surface area contributed by atoms with Crippen molar-refractivity contribution in [2.75, 3.05) is 19.6 Å². The van der Waals surface area contributed by atoms with E-state index in [4.69, 9.17) is 0 Å². The van der Waals surface area contributed by atoms with Crippen molar-refractivity contribution in [3.8, 4) is 0 Å². The van der Waals surface area contributed by atoms with Crippen LogP contribution < -0.4 is 5.32 Å². The lowest BCUT2D eigenvalue weighted by Gasteiger charge is -2.14. The first-order valence-corrected chi connectivity index (χ1v) is 4.78. The highest BCUT2D eigenvalue weighted by atomic mass is 16.2. The Morgan fingerprint density at radius 1 is 1.62 bits per heavy atom. The van der Waals surface area contributed by atoms with E-state index in [0.717, 1.165) is 19.4 Å². The number of carbonyl (C=O) groups is 2. The molecule has 0 atom stereocenters. The largest absolute Gasteiger partial charge is 0.355 e. The van der Waals surface area contributed by atoms with Gasteiger partial charge >= 0.3 is 0 Å². The van der Waals surface area contributed by atoms with Gasteiger partial charge in [0, 0.05) is 19.5 Å². The topological polar surface area (TPSA) is 49.4 Å². The molecule has 1 rings (SSSR count). The minimum atomic E-state index is -0.0444. The van der Waals surface area contributed by atoms with E-state index in [2.05, 4.69) is 5.32 Å². The van der Waals surface area contributed by atoms with E-state index in [0.29, 0.717) is 13.0 Å². The number of hydrogen-bond donors (Lipinski definition) is 1. The van der Waals surface area contributed by atoms with Crippen LogP contribution in [0.5, 0.6) is 0 Å². The summed E-state index contributed by atoms with van der Waals surface area (Å²) in [6.07, 6.45) is 2.42. The smallest absolute Gasteiger partial charge is 0.239 e. The summed E-state index contributed by atoms with van der Waals surface area (Å²) in [6.45, 7) is 3.67. The molecular formula is C9H16N2O2. The van der Waals surface area contributed by atoms with Crippen LogP contribution in [0.3, 0.4) is 0 Å². The fourth-order valence-corrected chi connectivity index (χ4v) is 1.36. The van der Waals surface area contributed by atoms with Gasteiger partial charge < -0.3 is 10.2 Å². The molecule has 1 N–H and O–H groups in total. The van der Waals surface area contributed by atoms with Crippen LogP contribution in [0.15, 0.2) is 0 Å². The van der Waals surface area contributed by atoms with Crippen LogP contribution in [0, 0.1) is 0 Å². The van der Waals surface area contributed by atoms with Crippen LogP contribution in [0.4, 0.5) is 0 Å². The lowest BCUT2D eigenvalue weighted by Crippen LogP contribution is -2.38. The monoisotopic (exact) mass is 184 g/mol. The van der Waals surface area contributed by atoms with E-state index in [9.17, 15) is 9.59 Å². The summed E-state index contributed by atoms with van der Waals surface area (Å²) in [5.74, 6) is 0.0590. The zero-order valence-corrected chi connectivity index (χ0v) is 8.01. The molecule has 1 aliphatic heterocycles. The number of carbonyl (C=O) groups excluding carboxylic acids is 2. The molecule has 0 aliphatic carbocycles. The predicted molar refractivity (Wildman–Crippen MR) is 49.1 cm³/mol. The molecule has 0 saturated carbocycles. The number of nitrogens with one attached hydrogen (secondary N) is 1. The summed E-state index contributed by atoms with van der Waals surface area (Å²) < 4.78 is 0. The van der Waals surface area contributed by atoms with Crippen molar-refractivity contribution >= 4 is 11.8 Å². The first kappa shape index (κ1) is 10.0. The molecule has 0 radical (unpaired) electrons. The highest BCUT2D eigenvalue weighted by molar-refractivity contribution is 5.85. The maximum atomic E-state index is 11.2. The molecule has 1 saturated heterocycles. The van der Waals surface area contributed by atoms with Gasteiger partial charge in [-0.05, 0) is 12.8 Å². The number of rotatable bonds is 4. The van der Waals surface area contributed by atoms with E-state index < -0.39 is 0 Å². The minimum absolute atomic E-state index is 0.0444. The van der Waals surface area contributed by atoms with Gasteiger partial charge in [0.15, 0.2) is 0 Å². The quantitative estimate of drug-likeness (QED) is 0.675. The third kappa shape index (κ3) is 3.05. The average Bonchev–Trinajstić information content (AvgIpc) is 2.48. The Morgan fingerprint density at radius 3 is 2.92 bits per heavy atom. The van der Waals surface area contributed by atoms with Crippen molar-refractivity contribution in [1.82, 2.24) is 10.2 Å². The Morgan fingerprint density at radius 2 is 2.38 bits per heavy atom. The first-order valence-electron chi connectivity index (χ1n) is 4.78. The molecule has 4 nitrogen and oxygen atoms in total. The van der Waals surface area contributed by atoms with Gasteiger partial charge in [-0.2, -0.15) is 0 Å². The van der Waals surface area contributed by atoms with Gasteiger partial charge in [-0.1, -0.05) is 6.92 Å². The van der Waals surface area contributed by atoms with Crippen LogP contribution in [-0.2, 0) is 9.59 Å². The van der Waals surface area contributed by atoms with Gasteiger partial charge in [0.05, 0.1) is 6.54 Å².